The second-order valence-electron chi connectivity index (χ2n) is 6.12. The van der Waals surface area contributed by atoms with Crippen LogP contribution in [0.15, 0.2) is 71.2 Å². The van der Waals surface area contributed by atoms with Crippen LogP contribution in [0.2, 0.25) is 0 Å². The van der Waals surface area contributed by atoms with Crippen molar-refractivity contribution in [1.82, 2.24) is 14.8 Å². The number of para-hydroxylation sites is 1. The number of benzene rings is 2. The van der Waals surface area contributed by atoms with Gasteiger partial charge in [-0.1, -0.05) is 36.0 Å². The molecule has 1 aliphatic rings. The molecular formula is C20H17FN4OS2. The molecule has 0 spiro atoms. The van der Waals surface area contributed by atoms with Gasteiger partial charge in [-0.15, -0.1) is 22.0 Å². The van der Waals surface area contributed by atoms with Crippen LogP contribution in [-0.2, 0) is 4.79 Å². The average Bonchev–Trinajstić information content (AvgIpc) is 3.37. The highest BCUT2D eigenvalue weighted by molar-refractivity contribution is 8.02. The van der Waals surface area contributed by atoms with Gasteiger partial charge in [0.15, 0.2) is 5.16 Å². The number of aromatic nitrogens is 3. The molecule has 8 heteroatoms. The maximum absolute atomic E-state index is 13.4. The van der Waals surface area contributed by atoms with Crippen molar-refractivity contribution in [3.8, 4) is 5.69 Å². The van der Waals surface area contributed by atoms with E-state index in [1.54, 1.807) is 23.9 Å². The Labute approximate surface area is 170 Å². The summed E-state index contributed by atoms with van der Waals surface area (Å²) in [6.07, 6.45) is 2.09. The summed E-state index contributed by atoms with van der Waals surface area (Å²) in [5, 5.41) is 14.2. The summed E-state index contributed by atoms with van der Waals surface area (Å²) < 4.78 is 15.3. The number of halogens is 1. The third-order valence-electron chi connectivity index (χ3n) is 4.15. The number of hydrogen-bond acceptors (Lipinski definition) is 5. The molecule has 3 aromatic rings. The van der Waals surface area contributed by atoms with Crippen molar-refractivity contribution in [3.05, 3.63) is 77.7 Å². The lowest BCUT2D eigenvalue weighted by molar-refractivity contribution is -0.113. The normalized spacial score (nSPS) is 15.7. The molecule has 0 fully saturated rings. The Morgan fingerprint density at radius 1 is 1.18 bits per heavy atom. The van der Waals surface area contributed by atoms with Crippen LogP contribution in [0.1, 0.15) is 11.7 Å². The molecule has 2 aromatic carbocycles. The fourth-order valence-electron chi connectivity index (χ4n) is 2.82. The fourth-order valence-corrected chi connectivity index (χ4v) is 4.46. The molecule has 1 atom stereocenters. The van der Waals surface area contributed by atoms with Gasteiger partial charge >= 0.3 is 0 Å². The second-order valence-corrected chi connectivity index (χ2v) is 8.01. The Kier molecular flexibility index (Phi) is 5.78. The first kappa shape index (κ1) is 18.8. The number of amides is 1. The smallest absolute Gasteiger partial charge is 0.234 e. The highest BCUT2D eigenvalue weighted by Crippen LogP contribution is 2.32. The van der Waals surface area contributed by atoms with Crippen molar-refractivity contribution >= 4 is 35.1 Å². The van der Waals surface area contributed by atoms with E-state index in [1.165, 1.54) is 23.9 Å². The number of allylic oxidation sites excluding steroid dienone is 1. The van der Waals surface area contributed by atoms with Crippen molar-refractivity contribution in [2.75, 3.05) is 16.8 Å². The van der Waals surface area contributed by atoms with Crippen LogP contribution in [0.3, 0.4) is 0 Å². The lowest BCUT2D eigenvalue weighted by Gasteiger charge is -2.13. The summed E-state index contributed by atoms with van der Waals surface area (Å²) >= 11 is 3.03. The summed E-state index contributed by atoms with van der Waals surface area (Å²) in [5.74, 6) is 1.59. The van der Waals surface area contributed by atoms with Crippen LogP contribution < -0.4 is 5.32 Å². The molecule has 2 heterocycles. The largest absolute Gasteiger partial charge is 0.325 e. The number of anilines is 1. The Morgan fingerprint density at radius 3 is 2.68 bits per heavy atom. The standard InChI is InChI=1S/C20H17FN4OS2/c21-15-6-8-17(9-7-15)25-19(14-10-11-27-12-14)23-24-20(25)28-13-18(26)22-16-4-2-1-3-5-16/h1-11,14H,12-13H2,(H,22,26). The molecule has 1 aromatic heterocycles. The summed E-state index contributed by atoms with van der Waals surface area (Å²) in [5.41, 5.74) is 1.53. The van der Waals surface area contributed by atoms with Gasteiger partial charge in [-0.25, -0.2) is 4.39 Å². The molecule has 1 N–H and O–H groups in total. The molecular weight excluding hydrogens is 395 g/mol. The monoisotopic (exact) mass is 412 g/mol. The highest BCUT2D eigenvalue weighted by atomic mass is 32.2. The maximum Gasteiger partial charge on any atom is 0.234 e. The number of nitrogens with one attached hydrogen (secondary N) is 1. The molecule has 28 heavy (non-hydrogen) atoms. The zero-order valence-electron chi connectivity index (χ0n) is 14.8. The van der Waals surface area contributed by atoms with E-state index < -0.39 is 0 Å². The van der Waals surface area contributed by atoms with E-state index >= 15 is 0 Å². The number of thioether (sulfide) groups is 2. The quantitative estimate of drug-likeness (QED) is 0.605. The molecule has 1 unspecified atom stereocenters. The molecule has 0 aliphatic carbocycles. The number of rotatable bonds is 6. The van der Waals surface area contributed by atoms with Crippen LogP contribution in [0.25, 0.3) is 5.69 Å². The number of hydrogen-bond donors (Lipinski definition) is 1. The Bertz CT molecular complexity index is 989. The van der Waals surface area contributed by atoms with Crippen LogP contribution in [0.5, 0.6) is 0 Å². The zero-order chi connectivity index (χ0) is 19.3. The van der Waals surface area contributed by atoms with E-state index in [0.717, 1.165) is 23.0 Å². The first-order valence-electron chi connectivity index (χ1n) is 8.68. The summed E-state index contributed by atoms with van der Waals surface area (Å²) in [4.78, 5) is 12.3. The SMILES string of the molecule is O=C(CSc1nnc(C2C=CSC2)n1-c1ccc(F)cc1)Nc1ccccc1. The van der Waals surface area contributed by atoms with Gasteiger partial charge in [0.1, 0.15) is 11.6 Å². The van der Waals surface area contributed by atoms with E-state index in [1.807, 2.05) is 34.9 Å². The molecule has 142 valence electrons. The van der Waals surface area contributed by atoms with Crippen molar-refractivity contribution in [2.24, 2.45) is 0 Å². The average molecular weight is 413 g/mol. The van der Waals surface area contributed by atoms with Crippen LogP contribution in [-0.4, -0.2) is 32.2 Å². The number of nitrogens with zero attached hydrogens (tertiary/aromatic N) is 3. The maximum atomic E-state index is 13.4. The van der Waals surface area contributed by atoms with Gasteiger partial charge in [0.2, 0.25) is 5.91 Å². The second kappa shape index (κ2) is 8.62. The fraction of sp³-hybridized carbons (Fsp3) is 0.150. The van der Waals surface area contributed by atoms with Crippen LogP contribution in [0, 0.1) is 5.82 Å². The van der Waals surface area contributed by atoms with Gasteiger partial charge in [-0.2, -0.15) is 0 Å². The van der Waals surface area contributed by atoms with Gasteiger partial charge in [0.25, 0.3) is 0 Å². The molecule has 0 bridgehead atoms. The minimum Gasteiger partial charge on any atom is -0.325 e. The molecule has 4 rings (SSSR count). The zero-order valence-corrected chi connectivity index (χ0v) is 16.4. The Morgan fingerprint density at radius 2 is 1.96 bits per heavy atom. The molecule has 1 amide bonds. The highest BCUT2D eigenvalue weighted by Gasteiger charge is 2.23. The molecule has 0 radical (unpaired) electrons. The van der Waals surface area contributed by atoms with Crippen LogP contribution >= 0.6 is 23.5 Å². The molecule has 0 saturated heterocycles. The Hall–Kier alpha value is -2.58. The third kappa shape index (κ3) is 4.28. The van der Waals surface area contributed by atoms with Gasteiger partial charge in [0, 0.05) is 23.0 Å². The van der Waals surface area contributed by atoms with Crippen molar-refractivity contribution in [1.29, 1.82) is 0 Å². The van der Waals surface area contributed by atoms with E-state index in [2.05, 4.69) is 27.0 Å². The van der Waals surface area contributed by atoms with Gasteiger partial charge in [-0.05, 0) is 41.8 Å². The third-order valence-corrected chi connectivity index (χ3v) is 5.98. The Balaban J connectivity index is 1.55. The van der Waals surface area contributed by atoms with Gasteiger partial charge < -0.3 is 5.32 Å². The van der Waals surface area contributed by atoms with E-state index in [4.69, 9.17) is 0 Å². The summed E-state index contributed by atoms with van der Waals surface area (Å²) in [6.45, 7) is 0. The predicted molar refractivity (Wildman–Crippen MR) is 111 cm³/mol. The molecule has 1 aliphatic heterocycles. The predicted octanol–water partition coefficient (Wildman–Crippen LogP) is 4.48. The van der Waals surface area contributed by atoms with E-state index in [9.17, 15) is 9.18 Å². The number of carbonyl (C=O) groups is 1. The summed E-state index contributed by atoms with van der Waals surface area (Å²) in [7, 11) is 0. The van der Waals surface area contributed by atoms with Crippen molar-refractivity contribution in [3.63, 3.8) is 0 Å². The van der Waals surface area contributed by atoms with Crippen LogP contribution in [0.4, 0.5) is 10.1 Å². The number of carbonyl (C=O) groups excluding carboxylic acids is 1. The minimum absolute atomic E-state index is 0.122. The summed E-state index contributed by atoms with van der Waals surface area (Å²) in [6, 6.07) is 15.5. The minimum atomic E-state index is -0.300. The van der Waals surface area contributed by atoms with E-state index in [-0.39, 0.29) is 23.4 Å². The topological polar surface area (TPSA) is 59.8 Å². The van der Waals surface area contributed by atoms with Gasteiger partial charge in [-0.3, -0.25) is 9.36 Å². The first-order chi connectivity index (χ1) is 13.7. The molecule has 5 nitrogen and oxygen atoms in total. The van der Waals surface area contributed by atoms with Crippen molar-refractivity contribution < 1.29 is 9.18 Å². The van der Waals surface area contributed by atoms with Gasteiger partial charge in [0.05, 0.1) is 5.75 Å². The first-order valence-corrected chi connectivity index (χ1v) is 10.7. The van der Waals surface area contributed by atoms with Crippen molar-refractivity contribution in [2.45, 2.75) is 11.1 Å². The lowest BCUT2D eigenvalue weighted by atomic mass is 10.1. The lowest BCUT2D eigenvalue weighted by Crippen LogP contribution is -2.14. The van der Waals surface area contributed by atoms with E-state index in [0.29, 0.717) is 5.16 Å². The molecule has 0 saturated carbocycles.